The first-order chi connectivity index (χ1) is 11.5. The molecule has 0 saturated carbocycles. The summed E-state index contributed by atoms with van der Waals surface area (Å²) in [5.41, 5.74) is 4.26. The molecule has 2 aromatic carbocycles. The molecule has 126 valence electrons. The predicted molar refractivity (Wildman–Crippen MR) is 93.0 cm³/mol. The maximum Gasteiger partial charge on any atom is 0.258 e. The number of carbonyl (C=O) groups excluding carboxylic acids is 1. The van der Waals surface area contributed by atoms with Gasteiger partial charge in [0.2, 0.25) is 0 Å². The van der Waals surface area contributed by atoms with Gasteiger partial charge in [-0.25, -0.2) is 0 Å². The van der Waals surface area contributed by atoms with Gasteiger partial charge in [-0.3, -0.25) is 4.79 Å². The van der Waals surface area contributed by atoms with Crippen LogP contribution in [0, 0.1) is 0 Å². The molecule has 0 aliphatic carbocycles. The fraction of sp³-hybridized carbons (Fsp3) is 0.350. The fourth-order valence-corrected chi connectivity index (χ4v) is 3.17. The summed E-state index contributed by atoms with van der Waals surface area (Å²) in [5.74, 6) is 0.0742. The molecule has 2 aromatic rings. The smallest absolute Gasteiger partial charge is 0.258 e. The Morgan fingerprint density at radius 2 is 1.79 bits per heavy atom. The number of phenolic OH excluding ortho intramolecular Hbond substituents is 1. The number of phenols is 1. The molecular formula is C20H23NO3. The lowest BCUT2D eigenvalue weighted by Crippen LogP contribution is -2.25. The van der Waals surface area contributed by atoms with Gasteiger partial charge in [-0.05, 0) is 40.7 Å². The van der Waals surface area contributed by atoms with Crippen molar-refractivity contribution >= 4 is 5.91 Å². The average molecular weight is 325 g/mol. The molecule has 0 aromatic heterocycles. The minimum Gasteiger partial charge on any atom is -0.507 e. The molecule has 0 atom stereocenters. The summed E-state index contributed by atoms with van der Waals surface area (Å²) in [5, 5.41) is 19.7. The zero-order valence-corrected chi connectivity index (χ0v) is 14.1. The highest BCUT2D eigenvalue weighted by Crippen LogP contribution is 2.32. The number of nitrogens with zero attached hydrogens (tertiary/aromatic N) is 1. The second-order valence-corrected chi connectivity index (χ2v) is 6.63. The molecule has 0 fully saturated rings. The number of rotatable bonds is 4. The van der Waals surface area contributed by atoms with Crippen LogP contribution in [-0.2, 0) is 19.5 Å². The van der Waals surface area contributed by atoms with Gasteiger partial charge in [-0.2, -0.15) is 0 Å². The molecular weight excluding hydrogens is 302 g/mol. The van der Waals surface area contributed by atoms with E-state index in [-0.39, 0.29) is 24.2 Å². The van der Waals surface area contributed by atoms with Crippen LogP contribution in [0.3, 0.4) is 0 Å². The third-order valence-corrected chi connectivity index (χ3v) is 4.62. The van der Waals surface area contributed by atoms with Gasteiger partial charge in [0.25, 0.3) is 5.91 Å². The van der Waals surface area contributed by atoms with E-state index in [4.69, 9.17) is 0 Å². The molecule has 0 unspecified atom stereocenters. The van der Waals surface area contributed by atoms with E-state index in [1.807, 2.05) is 30.3 Å². The Morgan fingerprint density at radius 1 is 1.17 bits per heavy atom. The van der Waals surface area contributed by atoms with E-state index in [1.54, 1.807) is 11.0 Å². The van der Waals surface area contributed by atoms with Gasteiger partial charge < -0.3 is 15.1 Å². The molecule has 1 amide bonds. The first-order valence-corrected chi connectivity index (χ1v) is 8.34. The van der Waals surface area contributed by atoms with Crippen LogP contribution in [0.4, 0.5) is 0 Å². The van der Waals surface area contributed by atoms with Crippen molar-refractivity contribution in [1.29, 1.82) is 0 Å². The quantitative estimate of drug-likeness (QED) is 0.907. The number of aromatic hydroxyl groups is 1. The number of aliphatic hydroxyl groups is 1. The maximum atomic E-state index is 13.0. The van der Waals surface area contributed by atoms with Crippen molar-refractivity contribution < 1.29 is 15.0 Å². The molecule has 3 rings (SSSR count). The Hall–Kier alpha value is -2.33. The highest BCUT2D eigenvalue weighted by Gasteiger charge is 2.27. The Labute approximate surface area is 142 Å². The average Bonchev–Trinajstić information content (AvgIpc) is 3.00. The molecule has 0 saturated heterocycles. The van der Waals surface area contributed by atoms with Crippen LogP contribution in [0.1, 0.15) is 52.4 Å². The Morgan fingerprint density at radius 3 is 2.33 bits per heavy atom. The summed E-state index contributed by atoms with van der Waals surface area (Å²) in [6.45, 7) is 5.17. The maximum absolute atomic E-state index is 13.0. The zero-order valence-electron chi connectivity index (χ0n) is 14.1. The second-order valence-electron chi connectivity index (χ2n) is 6.63. The highest BCUT2D eigenvalue weighted by molar-refractivity contribution is 5.97. The Kier molecular flexibility index (Phi) is 4.58. The van der Waals surface area contributed by atoms with E-state index in [9.17, 15) is 15.0 Å². The SMILES string of the molecule is CC(C)c1cc(CCO)c(O)c(C(=O)N2Cc3ccccc3C2)c1. The van der Waals surface area contributed by atoms with Crippen LogP contribution in [0.15, 0.2) is 36.4 Å². The lowest BCUT2D eigenvalue weighted by molar-refractivity contribution is 0.0748. The summed E-state index contributed by atoms with van der Waals surface area (Å²) in [6, 6.07) is 11.7. The molecule has 4 heteroatoms. The van der Waals surface area contributed by atoms with E-state index in [2.05, 4.69) is 13.8 Å². The molecule has 1 aliphatic heterocycles. The van der Waals surface area contributed by atoms with Crippen LogP contribution in [0.5, 0.6) is 5.75 Å². The van der Waals surface area contributed by atoms with Gasteiger partial charge in [-0.1, -0.05) is 44.2 Å². The predicted octanol–water partition coefficient (Wildman–Crippen LogP) is 3.21. The third-order valence-electron chi connectivity index (χ3n) is 4.62. The van der Waals surface area contributed by atoms with Gasteiger partial charge in [0.1, 0.15) is 5.75 Å². The normalized spacial score (nSPS) is 13.4. The van der Waals surface area contributed by atoms with E-state index in [0.717, 1.165) is 16.7 Å². The van der Waals surface area contributed by atoms with E-state index in [1.165, 1.54) is 0 Å². The number of hydrogen-bond acceptors (Lipinski definition) is 3. The Balaban J connectivity index is 1.95. The summed E-state index contributed by atoms with van der Waals surface area (Å²) < 4.78 is 0. The number of benzene rings is 2. The lowest BCUT2D eigenvalue weighted by Gasteiger charge is -2.19. The lowest BCUT2D eigenvalue weighted by atomic mass is 9.95. The standard InChI is InChI=1S/C20H23NO3/c1-13(2)17-9-14(7-8-22)19(23)18(10-17)20(24)21-11-15-5-3-4-6-16(15)12-21/h3-6,9-10,13,22-23H,7-8,11-12H2,1-2H3. The molecule has 0 spiro atoms. The van der Waals surface area contributed by atoms with Gasteiger partial charge in [0.15, 0.2) is 0 Å². The van der Waals surface area contributed by atoms with Crippen molar-refractivity contribution in [3.63, 3.8) is 0 Å². The van der Waals surface area contributed by atoms with Gasteiger partial charge in [0.05, 0.1) is 5.56 Å². The van der Waals surface area contributed by atoms with Crippen LogP contribution in [0.25, 0.3) is 0 Å². The first kappa shape index (κ1) is 16.5. The summed E-state index contributed by atoms with van der Waals surface area (Å²) >= 11 is 0. The monoisotopic (exact) mass is 325 g/mol. The van der Waals surface area contributed by atoms with Crippen molar-refractivity contribution in [3.05, 3.63) is 64.2 Å². The van der Waals surface area contributed by atoms with Crippen molar-refractivity contribution in [1.82, 2.24) is 4.90 Å². The third kappa shape index (κ3) is 3.02. The van der Waals surface area contributed by atoms with E-state index in [0.29, 0.717) is 30.6 Å². The van der Waals surface area contributed by atoms with Crippen LogP contribution < -0.4 is 0 Å². The van der Waals surface area contributed by atoms with Gasteiger partial charge in [0, 0.05) is 19.7 Å². The van der Waals surface area contributed by atoms with Crippen LogP contribution >= 0.6 is 0 Å². The minimum absolute atomic E-state index is 0.00518. The second kappa shape index (κ2) is 6.65. The molecule has 2 N–H and O–H groups in total. The van der Waals surface area contributed by atoms with E-state index >= 15 is 0 Å². The fourth-order valence-electron chi connectivity index (χ4n) is 3.17. The molecule has 0 bridgehead atoms. The minimum atomic E-state index is -0.162. The highest BCUT2D eigenvalue weighted by atomic mass is 16.3. The molecule has 0 radical (unpaired) electrons. The summed E-state index contributed by atoms with van der Waals surface area (Å²) in [6.07, 6.45) is 0.340. The van der Waals surface area contributed by atoms with Crippen molar-refractivity contribution in [2.45, 2.75) is 39.3 Å². The molecule has 1 aliphatic rings. The first-order valence-electron chi connectivity index (χ1n) is 8.34. The number of fused-ring (bicyclic) bond motifs is 1. The van der Waals surface area contributed by atoms with E-state index < -0.39 is 0 Å². The molecule has 4 nitrogen and oxygen atoms in total. The number of hydrogen-bond donors (Lipinski definition) is 2. The van der Waals surface area contributed by atoms with Crippen molar-refractivity contribution in [2.75, 3.05) is 6.61 Å². The number of aliphatic hydroxyl groups excluding tert-OH is 1. The van der Waals surface area contributed by atoms with Crippen LogP contribution in [0.2, 0.25) is 0 Å². The largest absolute Gasteiger partial charge is 0.507 e. The van der Waals surface area contributed by atoms with Gasteiger partial charge >= 0.3 is 0 Å². The number of amides is 1. The molecule has 24 heavy (non-hydrogen) atoms. The number of carbonyl (C=O) groups is 1. The summed E-state index contributed by atoms with van der Waals surface area (Å²) in [7, 11) is 0. The van der Waals surface area contributed by atoms with Crippen molar-refractivity contribution in [3.8, 4) is 5.75 Å². The topological polar surface area (TPSA) is 60.8 Å². The Bertz CT molecular complexity index is 742. The summed E-state index contributed by atoms with van der Waals surface area (Å²) in [4.78, 5) is 14.7. The van der Waals surface area contributed by atoms with Gasteiger partial charge in [-0.15, -0.1) is 0 Å². The zero-order chi connectivity index (χ0) is 17.3. The van der Waals surface area contributed by atoms with Crippen LogP contribution in [-0.4, -0.2) is 27.6 Å². The van der Waals surface area contributed by atoms with Crippen molar-refractivity contribution in [2.24, 2.45) is 0 Å². The molecule has 1 heterocycles.